The fraction of sp³-hybridized carbons (Fsp3) is 0.280. The van der Waals surface area contributed by atoms with Gasteiger partial charge in [0.25, 0.3) is 5.91 Å². The minimum Gasteiger partial charge on any atom is -0.474 e. The van der Waals surface area contributed by atoms with Gasteiger partial charge in [-0.05, 0) is 61.4 Å². The Hall–Kier alpha value is -3.41. The van der Waals surface area contributed by atoms with Crippen molar-refractivity contribution in [1.29, 1.82) is 0 Å². The highest BCUT2D eigenvalue weighted by molar-refractivity contribution is 5.95. The summed E-state index contributed by atoms with van der Waals surface area (Å²) >= 11 is 0. The number of hydrogen-bond donors (Lipinski definition) is 0. The normalized spacial score (nSPS) is 22.2. The maximum absolute atomic E-state index is 13.3. The van der Waals surface area contributed by atoms with Gasteiger partial charge in [-0.25, -0.2) is 9.37 Å². The molecule has 2 bridgehead atoms. The van der Waals surface area contributed by atoms with E-state index >= 15 is 0 Å². The molecule has 1 amide bonds. The molecule has 6 heteroatoms. The molecule has 0 aliphatic carbocycles. The Labute approximate surface area is 180 Å². The van der Waals surface area contributed by atoms with Gasteiger partial charge in [0.15, 0.2) is 0 Å². The van der Waals surface area contributed by atoms with E-state index in [0.29, 0.717) is 22.9 Å². The lowest BCUT2D eigenvalue weighted by atomic mass is 9.98. The van der Waals surface area contributed by atoms with Crippen molar-refractivity contribution in [3.05, 3.63) is 84.3 Å². The van der Waals surface area contributed by atoms with Crippen LogP contribution in [0.5, 0.6) is 17.4 Å². The molecule has 2 atom stereocenters. The van der Waals surface area contributed by atoms with E-state index in [1.807, 2.05) is 35.2 Å². The summed E-state index contributed by atoms with van der Waals surface area (Å²) in [6, 6.07) is 19.0. The van der Waals surface area contributed by atoms with Crippen LogP contribution < -0.4 is 9.47 Å². The van der Waals surface area contributed by atoms with Crippen molar-refractivity contribution >= 4 is 5.91 Å². The number of piperidine rings is 1. The third kappa shape index (κ3) is 4.24. The van der Waals surface area contributed by atoms with E-state index in [0.717, 1.165) is 25.7 Å². The standard InChI is InChI=1S/C25H23FN2O3/c26-18-7-11-21(12-8-18)30-22-5-3-4-17(14-22)25(29)28-19-9-10-20(28)16-23(15-19)31-24-6-1-2-13-27-24/h1-8,11-14,19-20,23H,9-10,15-16H2. The van der Waals surface area contributed by atoms with Crippen LogP contribution in [0.3, 0.4) is 0 Å². The maximum Gasteiger partial charge on any atom is 0.254 e. The zero-order chi connectivity index (χ0) is 21.2. The van der Waals surface area contributed by atoms with Crippen LogP contribution in [0.1, 0.15) is 36.0 Å². The Morgan fingerprint density at radius 2 is 1.71 bits per heavy atom. The Balaban J connectivity index is 1.28. The van der Waals surface area contributed by atoms with Crippen molar-refractivity contribution in [3.8, 4) is 17.4 Å². The maximum atomic E-state index is 13.3. The molecule has 1 aromatic heterocycles. The average Bonchev–Trinajstić information content (AvgIpc) is 3.06. The van der Waals surface area contributed by atoms with Crippen LogP contribution in [0.4, 0.5) is 4.39 Å². The lowest BCUT2D eigenvalue weighted by molar-refractivity contribution is 0.0347. The quantitative estimate of drug-likeness (QED) is 0.570. The molecule has 0 radical (unpaired) electrons. The van der Waals surface area contributed by atoms with E-state index in [2.05, 4.69) is 4.98 Å². The SMILES string of the molecule is O=C(c1cccc(Oc2ccc(F)cc2)c1)N1C2CCC1CC(Oc1ccccn1)C2. The van der Waals surface area contributed by atoms with Gasteiger partial charge in [-0.3, -0.25) is 4.79 Å². The van der Waals surface area contributed by atoms with Crippen LogP contribution >= 0.6 is 0 Å². The molecule has 2 aromatic carbocycles. The Morgan fingerprint density at radius 3 is 2.42 bits per heavy atom. The molecular weight excluding hydrogens is 395 g/mol. The van der Waals surface area contributed by atoms with E-state index in [1.165, 1.54) is 12.1 Å². The highest BCUT2D eigenvalue weighted by atomic mass is 19.1. The van der Waals surface area contributed by atoms with E-state index in [9.17, 15) is 9.18 Å². The summed E-state index contributed by atoms with van der Waals surface area (Å²) < 4.78 is 25.0. The van der Waals surface area contributed by atoms with Crippen molar-refractivity contribution in [2.24, 2.45) is 0 Å². The molecule has 5 rings (SSSR count). The molecule has 2 aliphatic heterocycles. The summed E-state index contributed by atoms with van der Waals surface area (Å²) in [4.78, 5) is 19.6. The minimum atomic E-state index is -0.317. The molecule has 3 heterocycles. The molecule has 2 aliphatic rings. The predicted octanol–water partition coefficient (Wildman–Crippen LogP) is 5.23. The van der Waals surface area contributed by atoms with Crippen LogP contribution in [0.15, 0.2) is 72.9 Å². The topological polar surface area (TPSA) is 51.7 Å². The third-order valence-electron chi connectivity index (χ3n) is 5.98. The van der Waals surface area contributed by atoms with E-state index in [4.69, 9.17) is 9.47 Å². The molecule has 0 spiro atoms. The number of fused-ring (bicyclic) bond motifs is 2. The number of carbonyl (C=O) groups is 1. The number of pyridine rings is 1. The molecule has 2 saturated heterocycles. The number of amides is 1. The molecular formula is C25H23FN2O3. The molecule has 5 nitrogen and oxygen atoms in total. The predicted molar refractivity (Wildman–Crippen MR) is 114 cm³/mol. The largest absolute Gasteiger partial charge is 0.474 e. The molecule has 0 N–H and O–H groups in total. The zero-order valence-corrected chi connectivity index (χ0v) is 17.0. The summed E-state index contributed by atoms with van der Waals surface area (Å²) in [5, 5.41) is 0. The van der Waals surface area contributed by atoms with Gasteiger partial charge < -0.3 is 14.4 Å². The van der Waals surface area contributed by atoms with Crippen LogP contribution in [-0.4, -0.2) is 34.0 Å². The van der Waals surface area contributed by atoms with Gasteiger partial charge in [0, 0.05) is 42.8 Å². The van der Waals surface area contributed by atoms with Crippen LogP contribution in [0.2, 0.25) is 0 Å². The summed E-state index contributed by atoms with van der Waals surface area (Å²) in [5.41, 5.74) is 0.598. The Kier molecular flexibility index (Phi) is 5.28. The van der Waals surface area contributed by atoms with Gasteiger partial charge >= 0.3 is 0 Å². The summed E-state index contributed by atoms with van der Waals surface area (Å²) in [6.07, 6.45) is 5.40. The van der Waals surface area contributed by atoms with Crippen molar-refractivity contribution in [1.82, 2.24) is 9.88 Å². The van der Waals surface area contributed by atoms with Gasteiger partial charge in [0.05, 0.1) is 0 Å². The van der Waals surface area contributed by atoms with E-state index < -0.39 is 0 Å². The number of hydrogen-bond acceptors (Lipinski definition) is 4. The first kappa shape index (κ1) is 19.5. The average molecular weight is 418 g/mol. The lowest BCUT2D eigenvalue weighted by Crippen LogP contribution is -2.49. The van der Waals surface area contributed by atoms with Gasteiger partial charge in [-0.2, -0.15) is 0 Å². The van der Waals surface area contributed by atoms with Gasteiger partial charge in [0.1, 0.15) is 23.4 Å². The Bertz CT molecular complexity index is 1040. The second kappa shape index (κ2) is 8.38. The number of aromatic nitrogens is 1. The van der Waals surface area contributed by atoms with Gasteiger partial charge in [0.2, 0.25) is 5.88 Å². The van der Waals surface area contributed by atoms with E-state index in [1.54, 1.807) is 30.5 Å². The zero-order valence-electron chi connectivity index (χ0n) is 17.0. The number of rotatable bonds is 5. The second-order valence-electron chi connectivity index (χ2n) is 8.06. The number of ether oxygens (including phenoxy) is 2. The van der Waals surface area contributed by atoms with Crippen LogP contribution in [0.25, 0.3) is 0 Å². The highest BCUT2D eigenvalue weighted by Crippen LogP contribution is 2.38. The summed E-state index contributed by atoms with van der Waals surface area (Å²) in [6.45, 7) is 0. The fourth-order valence-electron chi connectivity index (χ4n) is 4.62. The van der Waals surface area contributed by atoms with E-state index in [-0.39, 0.29) is 29.9 Å². The molecule has 158 valence electrons. The number of halogens is 1. The smallest absolute Gasteiger partial charge is 0.254 e. The number of carbonyl (C=O) groups excluding carboxylic acids is 1. The molecule has 2 fully saturated rings. The summed E-state index contributed by atoms with van der Waals surface area (Å²) in [7, 11) is 0. The monoisotopic (exact) mass is 418 g/mol. The molecule has 3 aromatic rings. The van der Waals surface area contributed by atoms with Crippen LogP contribution in [0, 0.1) is 5.82 Å². The number of benzene rings is 2. The highest BCUT2D eigenvalue weighted by Gasteiger charge is 2.44. The number of nitrogens with zero attached hydrogens (tertiary/aromatic N) is 2. The second-order valence-corrected chi connectivity index (χ2v) is 8.06. The Morgan fingerprint density at radius 1 is 0.935 bits per heavy atom. The lowest BCUT2D eigenvalue weighted by Gasteiger charge is -2.38. The van der Waals surface area contributed by atoms with Crippen molar-refractivity contribution < 1.29 is 18.7 Å². The molecule has 31 heavy (non-hydrogen) atoms. The first-order valence-corrected chi connectivity index (χ1v) is 10.6. The first-order chi connectivity index (χ1) is 15.2. The molecule has 0 saturated carbocycles. The van der Waals surface area contributed by atoms with Gasteiger partial charge in [-0.1, -0.05) is 12.1 Å². The third-order valence-corrected chi connectivity index (χ3v) is 5.98. The molecule has 2 unspecified atom stereocenters. The summed E-state index contributed by atoms with van der Waals surface area (Å²) in [5.74, 6) is 1.42. The minimum absolute atomic E-state index is 0.0216. The fourth-order valence-corrected chi connectivity index (χ4v) is 4.62. The van der Waals surface area contributed by atoms with Crippen molar-refractivity contribution in [3.63, 3.8) is 0 Å². The van der Waals surface area contributed by atoms with Crippen molar-refractivity contribution in [2.75, 3.05) is 0 Å². The first-order valence-electron chi connectivity index (χ1n) is 10.6. The van der Waals surface area contributed by atoms with Crippen molar-refractivity contribution in [2.45, 2.75) is 43.9 Å². The van der Waals surface area contributed by atoms with Crippen LogP contribution in [-0.2, 0) is 0 Å². The van der Waals surface area contributed by atoms with Gasteiger partial charge in [-0.15, -0.1) is 0 Å².